The van der Waals surface area contributed by atoms with E-state index < -0.39 is 5.54 Å². The van der Waals surface area contributed by atoms with Crippen molar-refractivity contribution in [1.82, 2.24) is 20.6 Å². The molecule has 0 saturated heterocycles. The van der Waals surface area contributed by atoms with Crippen molar-refractivity contribution < 1.29 is 9.59 Å². The van der Waals surface area contributed by atoms with E-state index in [1.54, 1.807) is 11.4 Å². The van der Waals surface area contributed by atoms with Crippen LogP contribution in [0, 0.1) is 0 Å². The molecule has 7 heteroatoms. The standard InChI is InChI=1S/C29H32N4O2S/c1-28(33-26(34)21-12-16-36-19-21,17-22-18-31-24-10-4-3-9-23(22)24)27(35)32-20-29(13-6-2-7-14-29)25-11-5-8-15-30-25/h3-5,8-12,15-16,18-19,31H,2,6-7,13-14,17,20H2,1H3,(H,32,35)(H,33,34)/t28-/m0/s1. The van der Waals surface area contributed by atoms with Crippen LogP contribution >= 0.6 is 11.3 Å². The predicted octanol–water partition coefficient (Wildman–Crippen LogP) is 5.37. The van der Waals surface area contributed by atoms with Gasteiger partial charge in [-0.1, -0.05) is 43.5 Å². The summed E-state index contributed by atoms with van der Waals surface area (Å²) >= 11 is 1.46. The van der Waals surface area contributed by atoms with Crippen molar-refractivity contribution in [3.63, 3.8) is 0 Å². The minimum absolute atomic E-state index is 0.183. The van der Waals surface area contributed by atoms with Crippen LogP contribution in [0.25, 0.3) is 10.9 Å². The van der Waals surface area contributed by atoms with Gasteiger partial charge in [0, 0.05) is 52.8 Å². The summed E-state index contributed by atoms with van der Waals surface area (Å²) in [7, 11) is 0. The maximum atomic E-state index is 13.9. The molecule has 1 aliphatic carbocycles. The van der Waals surface area contributed by atoms with Crippen LogP contribution in [0.2, 0.25) is 0 Å². The third kappa shape index (κ3) is 4.93. The van der Waals surface area contributed by atoms with Gasteiger partial charge in [-0.3, -0.25) is 14.6 Å². The molecule has 0 unspecified atom stereocenters. The van der Waals surface area contributed by atoms with Gasteiger partial charge in [0.2, 0.25) is 5.91 Å². The summed E-state index contributed by atoms with van der Waals surface area (Å²) < 4.78 is 0. The molecule has 6 nitrogen and oxygen atoms in total. The smallest absolute Gasteiger partial charge is 0.252 e. The van der Waals surface area contributed by atoms with Gasteiger partial charge in [0.15, 0.2) is 0 Å². The molecule has 36 heavy (non-hydrogen) atoms. The first-order valence-corrected chi connectivity index (χ1v) is 13.5. The number of fused-ring (bicyclic) bond motifs is 1. The lowest BCUT2D eigenvalue weighted by atomic mass is 9.71. The number of hydrogen-bond acceptors (Lipinski definition) is 4. The van der Waals surface area contributed by atoms with Crippen molar-refractivity contribution in [2.45, 2.75) is 56.4 Å². The number of rotatable bonds is 8. The Kier molecular flexibility index (Phi) is 6.92. The van der Waals surface area contributed by atoms with Gasteiger partial charge in [-0.05, 0) is 55.0 Å². The Morgan fingerprint density at radius 3 is 2.64 bits per heavy atom. The molecule has 1 fully saturated rings. The number of nitrogens with zero attached hydrogens (tertiary/aromatic N) is 1. The number of benzene rings is 1. The van der Waals surface area contributed by atoms with Crippen LogP contribution in [-0.2, 0) is 16.6 Å². The lowest BCUT2D eigenvalue weighted by Gasteiger charge is -2.38. The van der Waals surface area contributed by atoms with Crippen molar-refractivity contribution in [2.24, 2.45) is 0 Å². The zero-order valence-electron chi connectivity index (χ0n) is 20.5. The summed E-state index contributed by atoms with van der Waals surface area (Å²) in [6, 6.07) is 15.8. The molecule has 4 aromatic rings. The van der Waals surface area contributed by atoms with Gasteiger partial charge in [0.25, 0.3) is 5.91 Å². The molecule has 1 saturated carbocycles. The molecule has 2 amide bonds. The molecule has 1 aliphatic rings. The van der Waals surface area contributed by atoms with Crippen molar-refractivity contribution in [2.75, 3.05) is 6.54 Å². The third-order valence-corrected chi connectivity index (χ3v) is 8.18. The number of amides is 2. The maximum Gasteiger partial charge on any atom is 0.252 e. The fraction of sp³-hybridized carbons (Fsp3) is 0.345. The molecule has 5 rings (SSSR count). The largest absolute Gasteiger partial charge is 0.361 e. The topological polar surface area (TPSA) is 86.9 Å². The number of thiophene rings is 1. The molecule has 3 N–H and O–H groups in total. The molecule has 0 spiro atoms. The number of aromatic amines is 1. The predicted molar refractivity (Wildman–Crippen MR) is 144 cm³/mol. The van der Waals surface area contributed by atoms with E-state index in [1.165, 1.54) is 17.8 Å². The van der Waals surface area contributed by atoms with Crippen LogP contribution in [0.5, 0.6) is 0 Å². The molecule has 3 heterocycles. The molecular weight excluding hydrogens is 468 g/mol. The molecule has 0 bridgehead atoms. The van der Waals surface area contributed by atoms with E-state index in [0.717, 1.165) is 47.8 Å². The van der Waals surface area contributed by atoms with Crippen LogP contribution in [0.15, 0.2) is 71.7 Å². The minimum atomic E-state index is -1.13. The van der Waals surface area contributed by atoms with E-state index >= 15 is 0 Å². The first-order chi connectivity index (χ1) is 17.5. The molecule has 3 aromatic heterocycles. The highest BCUT2D eigenvalue weighted by Crippen LogP contribution is 2.38. The summed E-state index contributed by atoms with van der Waals surface area (Å²) in [5.74, 6) is -0.428. The average molecular weight is 501 g/mol. The van der Waals surface area contributed by atoms with Crippen LogP contribution in [0.4, 0.5) is 0 Å². The zero-order valence-corrected chi connectivity index (χ0v) is 21.4. The van der Waals surface area contributed by atoms with Crippen molar-refractivity contribution in [3.05, 3.63) is 88.5 Å². The summed E-state index contributed by atoms with van der Waals surface area (Å²) in [6.07, 6.45) is 9.56. The second-order valence-corrected chi connectivity index (χ2v) is 10.9. The fourth-order valence-corrected chi connectivity index (χ4v) is 6.07. The number of nitrogens with one attached hydrogen (secondary N) is 3. The van der Waals surface area contributed by atoms with E-state index in [2.05, 4.69) is 26.7 Å². The monoisotopic (exact) mass is 500 g/mol. The van der Waals surface area contributed by atoms with Gasteiger partial charge in [-0.15, -0.1) is 0 Å². The van der Waals surface area contributed by atoms with E-state index in [0.29, 0.717) is 18.5 Å². The summed E-state index contributed by atoms with van der Waals surface area (Å²) in [5.41, 5.74) is 2.28. The average Bonchev–Trinajstić information content (AvgIpc) is 3.59. The van der Waals surface area contributed by atoms with Gasteiger partial charge in [0.05, 0.1) is 5.56 Å². The first kappa shape index (κ1) is 24.3. The summed E-state index contributed by atoms with van der Waals surface area (Å²) in [6.45, 7) is 2.32. The Labute approximate surface area is 215 Å². The molecule has 186 valence electrons. The first-order valence-electron chi connectivity index (χ1n) is 12.6. The zero-order chi connectivity index (χ0) is 25.0. The van der Waals surface area contributed by atoms with Crippen LogP contribution in [0.3, 0.4) is 0 Å². The molecule has 1 atom stereocenters. The highest BCUT2D eigenvalue weighted by Gasteiger charge is 2.40. The number of pyridine rings is 1. The minimum Gasteiger partial charge on any atom is -0.361 e. The van der Waals surface area contributed by atoms with E-state index in [4.69, 9.17) is 0 Å². The third-order valence-electron chi connectivity index (χ3n) is 7.50. The van der Waals surface area contributed by atoms with Gasteiger partial charge < -0.3 is 15.6 Å². The van der Waals surface area contributed by atoms with Crippen LogP contribution in [-0.4, -0.2) is 33.9 Å². The second-order valence-electron chi connectivity index (χ2n) is 10.1. The van der Waals surface area contributed by atoms with Crippen LogP contribution < -0.4 is 10.6 Å². The van der Waals surface area contributed by atoms with E-state index in [1.807, 2.05) is 61.1 Å². The quantitative estimate of drug-likeness (QED) is 0.304. The summed E-state index contributed by atoms with van der Waals surface area (Å²) in [4.78, 5) is 35.0. The molecule has 0 aliphatic heterocycles. The van der Waals surface area contributed by atoms with E-state index in [-0.39, 0.29) is 17.2 Å². The van der Waals surface area contributed by atoms with Crippen LogP contribution in [0.1, 0.15) is 60.6 Å². The number of carbonyl (C=O) groups excluding carboxylic acids is 2. The number of carbonyl (C=O) groups is 2. The van der Waals surface area contributed by atoms with Crippen molar-refractivity contribution >= 4 is 34.1 Å². The summed E-state index contributed by atoms with van der Waals surface area (Å²) in [5, 5.41) is 11.0. The fourth-order valence-electron chi connectivity index (χ4n) is 5.43. The highest BCUT2D eigenvalue weighted by atomic mass is 32.1. The number of hydrogen-bond donors (Lipinski definition) is 3. The van der Waals surface area contributed by atoms with Crippen molar-refractivity contribution in [3.8, 4) is 0 Å². The Balaban J connectivity index is 1.42. The normalized spacial score (nSPS) is 16.8. The number of H-pyrrole nitrogens is 1. The van der Waals surface area contributed by atoms with Crippen molar-refractivity contribution in [1.29, 1.82) is 0 Å². The van der Waals surface area contributed by atoms with Gasteiger partial charge in [0.1, 0.15) is 5.54 Å². The number of para-hydroxylation sites is 1. The SMILES string of the molecule is C[C@@](Cc1c[nH]c2ccccc12)(NC(=O)c1ccsc1)C(=O)NCC1(c2ccccn2)CCCCC1. The molecule has 0 radical (unpaired) electrons. The van der Waals surface area contributed by atoms with Gasteiger partial charge in [-0.2, -0.15) is 11.3 Å². The second kappa shape index (κ2) is 10.3. The Hall–Kier alpha value is -3.45. The molecule has 1 aromatic carbocycles. The maximum absolute atomic E-state index is 13.9. The van der Waals surface area contributed by atoms with E-state index in [9.17, 15) is 9.59 Å². The highest BCUT2D eigenvalue weighted by molar-refractivity contribution is 7.08. The Morgan fingerprint density at radius 1 is 1.08 bits per heavy atom. The van der Waals surface area contributed by atoms with Gasteiger partial charge >= 0.3 is 0 Å². The Morgan fingerprint density at radius 2 is 1.89 bits per heavy atom. The Bertz CT molecular complexity index is 1330. The molecular formula is C29H32N4O2S. The lowest BCUT2D eigenvalue weighted by Crippen LogP contribution is -2.59. The lowest BCUT2D eigenvalue weighted by molar-refractivity contribution is -0.127. The van der Waals surface area contributed by atoms with Gasteiger partial charge in [-0.25, -0.2) is 0 Å². The number of aromatic nitrogens is 2.